The number of pyridine rings is 1. The fraction of sp³-hybridized carbons (Fsp3) is 0.263. The molecular formula is C19H20N4O3. The Hall–Kier alpha value is -3.22. The molecule has 2 heterocycles. The van der Waals surface area contributed by atoms with E-state index in [1.165, 1.54) is 0 Å². The van der Waals surface area contributed by atoms with Crippen LogP contribution < -0.4 is 10.1 Å². The lowest BCUT2D eigenvalue weighted by molar-refractivity contribution is -0.121. The van der Waals surface area contributed by atoms with E-state index in [-0.39, 0.29) is 5.91 Å². The first-order chi connectivity index (χ1) is 12.8. The van der Waals surface area contributed by atoms with Crippen LogP contribution in [-0.2, 0) is 17.8 Å². The molecule has 134 valence electrons. The van der Waals surface area contributed by atoms with E-state index in [4.69, 9.17) is 9.26 Å². The van der Waals surface area contributed by atoms with Gasteiger partial charge in [0.15, 0.2) is 0 Å². The Kier molecular flexibility index (Phi) is 5.92. The minimum Gasteiger partial charge on any atom is -0.496 e. The smallest absolute Gasteiger partial charge is 0.226 e. The summed E-state index contributed by atoms with van der Waals surface area (Å²) < 4.78 is 10.6. The molecule has 26 heavy (non-hydrogen) atoms. The number of hydrogen-bond donors (Lipinski definition) is 1. The normalized spacial score (nSPS) is 10.5. The lowest BCUT2D eigenvalue weighted by atomic mass is 10.2. The van der Waals surface area contributed by atoms with Gasteiger partial charge in [-0.2, -0.15) is 4.98 Å². The second kappa shape index (κ2) is 8.75. The Labute approximate surface area is 151 Å². The highest BCUT2D eigenvalue weighted by molar-refractivity contribution is 5.75. The van der Waals surface area contributed by atoms with Gasteiger partial charge in [-0.3, -0.25) is 9.78 Å². The number of para-hydroxylation sites is 1. The highest BCUT2D eigenvalue weighted by atomic mass is 16.5. The molecule has 0 radical (unpaired) electrons. The predicted molar refractivity (Wildman–Crippen MR) is 95.3 cm³/mol. The van der Waals surface area contributed by atoms with Crippen molar-refractivity contribution in [2.24, 2.45) is 0 Å². The molecule has 0 unspecified atom stereocenters. The van der Waals surface area contributed by atoms with Crippen LogP contribution >= 0.6 is 0 Å². The van der Waals surface area contributed by atoms with Crippen LogP contribution in [0.3, 0.4) is 0 Å². The van der Waals surface area contributed by atoms with E-state index in [1.807, 2.05) is 36.4 Å². The fourth-order valence-electron chi connectivity index (χ4n) is 2.49. The molecular weight excluding hydrogens is 332 g/mol. The van der Waals surface area contributed by atoms with Gasteiger partial charge >= 0.3 is 0 Å². The molecule has 0 aliphatic rings. The van der Waals surface area contributed by atoms with E-state index >= 15 is 0 Å². The molecule has 1 aromatic carbocycles. The summed E-state index contributed by atoms with van der Waals surface area (Å²) >= 11 is 0. The third-order valence-electron chi connectivity index (χ3n) is 3.82. The Morgan fingerprint density at radius 3 is 2.92 bits per heavy atom. The zero-order valence-corrected chi connectivity index (χ0v) is 14.5. The second-order valence-corrected chi connectivity index (χ2v) is 5.70. The standard InChI is InChI=1S/C19H20N4O3/c1-25-16-8-3-2-7-15(16)19-22-18(26-23-19)10-4-9-17(24)21-13-14-6-5-11-20-12-14/h2-3,5-8,11-12H,4,9-10,13H2,1H3,(H,21,24). The van der Waals surface area contributed by atoms with Gasteiger partial charge in [-0.1, -0.05) is 23.4 Å². The van der Waals surface area contributed by atoms with Gasteiger partial charge in [0.2, 0.25) is 17.6 Å². The number of rotatable bonds is 8. The van der Waals surface area contributed by atoms with Gasteiger partial charge in [0.05, 0.1) is 12.7 Å². The van der Waals surface area contributed by atoms with Crippen LogP contribution in [-0.4, -0.2) is 28.1 Å². The first-order valence-electron chi connectivity index (χ1n) is 8.38. The quantitative estimate of drug-likeness (QED) is 0.670. The van der Waals surface area contributed by atoms with Crippen LogP contribution in [0.2, 0.25) is 0 Å². The Bertz CT molecular complexity index is 849. The summed E-state index contributed by atoms with van der Waals surface area (Å²) in [4.78, 5) is 20.3. The molecule has 0 fully saturated rings. The largest absolute Gasteiger partial charge is 0.496 e. The number of nitrogens with zero attached hydrogens (tertiary/aromatic N) is 3. The van der Waals surface area contributed by atoms with E-state index < -0.39 is 0 Å². The van der Waals surface area contributed by atoms with Gasteiger partial charge in [-0.05, 0) is 30.2 Å². The molecule has 0 bridgehead atoms. The average Bonchev–Trinajstić information content (AvgIpc) is 3.16. The van der Waals surface area contributed by atoms with Crippen LogP contribution in [0.5, 0.6) is 5.75 Å². The molecule has 3 aromatic rings. The highest BCUT2D eigenvalue weighted by Gasteiger charge is 2.13. The molecule has 0 spiro atoms. The number of ether oxygens (including phenoxy) is 1. The first kappa shape index (κ1) is 17.6. The van der Waals surface area contributed by atoms with Crippen molar-refractivity contribution >= 4 is 5.91 Å². The number of aryl methyl sites for hydroxylation is 1. The third-order valence-corrected chi connectivity index (χ3v) is 3.82. The molecule has 7 nitrogen and oxygen atoms in total. The number of methoxy groups -OCH3 is 1. The van der Waals surface area contributed by atoms with Crippen LogP contribution in [0.15, 0.2) is 53.3 Å². The van der Waals surface area contributed by atoms with E-state index in [9.17, 15) is 4.79 Å². The van der Waals surface area contributed by atoms with Crippen LogP contribution in [0.25, 0.3) is 11.4 Å². The van der Waals surface area contributed by atoms with Crippen molar-refractivity contribution in [3.63, 3.8) is 0 Å². The van der Waals surface area contributed by atoms with Crippen LogP contribution in [0.1, 0.15) is 24.3 Å². The van der Waals surface area contributed by atoms with Crippen molar-refractivity contribution in [1.82, 2.24) is 20.4 Å². The summed E-state index contributed by atoms with van der Waals surface area (Å²) in [6.07, 6.45) is 5.01. The maximum atomic E-state index is 11.9. The second-order valence-electron chi connectivity index (χ2n) is 5.70. The molecule has 0 saturated heterocycles. The van der Waals surface area contributed by atoms with Crippen molar-refractivity contribution in [2.45, 2.75) is 25.8 Å². The topological polar surface area (TPSA) is 90.1 Å². The number of carbonyl (C=O) groups excluding carboxylic acids is 1. The van der Waals surface area contributed by atoms with Crippen LogP contribution in [0.4, 0.5) is 0 Å². The molecule has 3 rings (SSSR count). The molecule has 0 aliphatic carbocycles. The summed E-state index contributed by atoms with van der Waals surface area (Å²) in [5, 5.41) is 6.86. The van der Waals surface area contributed by atoms with Gasteiger partial charge in [0.1, 0.15) is 5.75 Å². The van der Waals surface area contributed by atoms with Gasteiger partial charge in [-0.25, -0.2) is 0 Å². The van der Waals surface area contributed by atoms with Crippen molar-refractivity contribution < 1.29 is 14.1 Å². The van der Waals surface area contributed by atoms with E-state index in [0.717, 1.165) is 11.1 Å². The number of amides is 1. The van der Waals surface area contributed by atoms with Crippen molar-refractivity contribution in [2.75, 3.05) is 7.11 Å². The fourth-order valence-corrected chi connectivity index (χ4v) is 2.49. The number of carbonyl (C=O) groups is 1. The van der Waals surface area contributed by atoms with Gasteiger partial charge < -0.3 is 14.6 Å². The summed E-state index contributed by atoms with van der Waals surface area (Å²) in [6, 6.07) is 11.3. The number of nitrogens with one attached hydrogen (secondary N) is 1. The van der Waals surface area contributed by atoms with E-state index in [1.54, 1.807) is 19.5 Å². The lowest BCUT2D eigenvalue weighted by Gasteiger charge is -2.04. The van der Waals surface area contributed by atoms with Gasteiger partial charge in [-0.15, -0.1) is 0 Å². The maximum Gasteiger partial charge on any atom is 0.226 e. The van der Waals surface area contributed by atoms with Crippen molar-refractivity contribution in [1.29, 1.82) is 0 Å². The Balaban J connectivity index is 1.47. The lowest BCUT2D eigenvalue weighted by Crippen LogP contribution is -2.22. The monoisotopic (exact) mass is 352 g/mol. The van der Waals surface area contributed by atoms with Crippen molar-refractivity contribution in [3.8, 4) is 17.1 Å². The molecule has 2 aromatic heterocycles. The zero-order valence-electron chi connectivity index (χ0n) is 14.5. The highest BCUT2D eigenvalue weighted by Crippen LogP contribution is 2.27. The average molecular weight is 352 g/mol. The molecule has 1 N–H and O–H groups in total. The van der Waals surface area contributed by atoms with Gasteiger partial charge in [0, 0.05) is 31.8 Å². The molecule has 0 atom stereocenters. The summed E-state index contributed by atoms with van der Waals surface area (Å²) in [7, 11) is 1.60. The Morgan fingerprint density at radius 1 is 1.23 bits per heavy atom. The number of benzene rings is 1. The molecule has 1 amide bonds. The zero-order chi connectivity index (χ0) is 18.2. The SMILES string of the molecule is COc1ccccc1-c1noc(CCCC(=O)NCc2cccnc2)n1. The summed E-state index contributed by atoms with van der Waals surface area (Å²) in [5.41, 5.74) is 1.75. The van der Waals surface area contributed by atoms with Crippen molar-refractivity contribution in [3.05, 3.63) is 60.2 Å². The molecule has 7 heteroatoms. The summed E-state index contributed by atoms with van der Waals surface area (Å²) in [6.45, 7) is 0.477. The Morgan fingerprint density at radius 2 is 2.12 bits per heavy atom. The molecule has 0 saturated carbocycles. The molecule has 0 aliphatic heterocycles. The predicted octanol–water partition coefficient (Wildman–Crippen LogP) is 2.78. The van der Waals surface area contributed by atoms with Crippen LogP contribution in [0, 0.1) is 0 Å². The van der Waals surface area contributed by atoms with E-state index in [0.29, 0.717) is 43.3 Å². The third kappa shape index (κ3) is 4.66. The number of aromatic nitrogens is 3. The maximum absolute atomic E-state index is 11.9. The van der Waals surface area contributed by atoms with E-state index in [2.05, 4.69) is 20.4 Å². The minimum atomic E-state index is -0.0154. The first-order valence-corrected chi connectivity index (χ1v) is 8.38. The minimum absolute atomic E-state index is 0.0154. The number of hydrogen-bond acceptors (Lipinski definition) is 6. The van der Waals surface area contributed by atoms with Gasteiger partial charge in [0.25, 0.3) is 0 Å². The summed E-state index contributed by atoms with van der Waals surface area (Å²) in [5.74, 6) is 1.66.